The second-order valence-electron chi connectivity index (χ2n) is 4.50. The molecular formula is C13H17ClN2O. The van der Waals surface area contributed by atoms with Crippen molar-refractivity contribution in [2.24, 2.45) is 0 Å². The Balaban J connectivity index is 2.22. The summed E-state index contributed by atoms with van der Waals surface area (Å²) >= 11 is 5.76. The van der Waals surface area contributed by atoms with Crippen molar-refractivity contribution in [3.05, 3.63) is 29.1 Å². The monoisotopic (exact) mass is 252 g/mol. The number of carbonyl (C=O) groups excluding carboxylic acids is 1. The first-order valence-corrected chi connectivity index (χ1v) is 6.48. The van der Waals surface area contributed by atoms with Crippen LogP contribution in [0.4, 0.5) is 0 Å². The highest BCUT2D eigenvalue weighted by Gasteiger charge is 2.33. The third-order valence-electron chi connectivity index (χ3n) is 3.03. The average Bonchev–Trinajstić information content (AvgIpc) is 3.09. The zero-order chi connectivity index (χ0) is 12.4. The summed E-state index contributed by atoms with van der Waals surface area (Å²) in [5.41, 5.74) is 2.44. The average molecular weight is 253 g/mol. The summed E-state index contributed by atoms with van der Waals surface area (Å²) in [6.07, 6.45) is 2.20. The van der Waals surface area contributed by atoms with E-state index in [0.717, 1.165) is 24.2 Å². The van der Waals surface area contributed by atoms with Crippen LogP contribution >= 0.6 is 11.6 Å². The van der Waals surface area contributed by atoms with Crippen LogP contribution in [0.1, 0.15) is 34.6 Å². The van der Waals surface area contributed by atoms with Crippen molar-refractivity contribution >= 4 is 17.5 Å². The Bertz CT molecular complexity index is 429. The predicted octanol–water partition coefficient (Wildman–Crippen LogP) is 2.54. The second-order valence-corrected chi connectivity index (χ2v) is 4.88. The number of halogens is 1. The fourth-order valence-electron chi connectivity index (χ4n) is 1.99. The van der Waals surface area contributed by atoms with Crippen molar-refractivity contribution in [3.63, 3.8) is 0 Å². The molecule has 0 saturated heterocycles. The van der Waals surface area contributed by atoms with Crippen molar-refractivity contribution in [3.8, 4) is 0 Å². The van der Waals surface area contributed by atoms with Gasteiger partial charge in [-0.3, -0.25) is 9.78 Å². The lowest BCUT2D eigenvalue weighted by atomic mass is 10.1. The van der Waals surface area contributed by atoms with Crippen molar-refractivity contribution in [2.45, 2.75) is 32.7 Å². The van der Waals surface area contributed by atoms with Crippen LogP contribution in [-0.2, 0) is 0 Å². The number of hydrogen-bond acceptors (Lipinski definition) is 2. The third kappa shape index (κ3) is 2.78. The van der Waals surface area contributed by atoms with Gasteiger partial charge in [0.05, 0.1) is 11.3 Å². The Labute approximate surface area is 107 Å². The molecule has 2 rings (SSSR count). The Morgan fingerprint density at radius 2 is 2.18 bits per heavy atom. The van der Waals surface area contributed by atoms with Gasteiger partial charge in [-0.25, -0.2) is 0 Å². The van der Waals surface area contributed by atoms with E-state index in [1.54, 1.807) is 0 Å². The molecule has 0 atom stereocenters. The first kappa shape index (κ1) is 12.4. The summed E-state index contributed by atoms with van der Waals surface area (Å²) in [5.74, 6) is 0.554. The van der Waals surface area contributed by atoms with Crippen LogP contribution in [0.3, 0.4) is 0 Å². The lowest BCUT2D eigenvalue weighted by molar-refractivity contribution is 0.0752. The minimum Gasteiger partial charge on any atom is -0.334 e. The molecule has 0 unspecified atom stereocenters. The topological polar surface area (TPSA) is 33.2 Å². The maximum absolute atomic E-state index is 12.4. The highest BCUT2D eigenvalue weighted by atomic mass is 35.5. The largest absolute Gasteiger partial charge is 0.334 e. The molecule has 0 bridgehead atoms. The number of amides is 1. The van der Waals surface area contributed by atoms with E-state index in [0.29, 0.717) is 24.0 Å². The van der Waals surface area contributed by atoms with E-state index in [9.17, 15) is 4.79 Å². The van der Waals surface area contributed by atoms with Gasteiger partial charge < -0.3 is 4.90 Å². The number of aryl methyl sites for hydroxylation is 2. The molecular weight excluding hydrogens is 236 g/mol. The van der Waals surface area contributed by atoms with Gasteiger partial charge in [-0.2, -0.15) is 0 Å². The van der Waals surface area contributed by atoms with Crippen LogP contribution in [0.5, 0.6) is 0 Å². The zero-order valence-corrected chi connectivity index (χ0v) is 11.0. The second kappa shape index (κ2) is 5.05. The molecule has 0 aromatic carbocycles. The SMILES string of the molecule is Cc1ccc(C(=O)N(CCCl)C2CC2)c(C)n1. The normalized spacial score (nSPS) is 14.8. The fraction of sp³-hybridized carbons (Fsp3) is 0.538. The predicted molar refractivity (Wildman–Crippen MR) is 68.5 cm³/mol. The lowest BCUT2D eigenvalue weighted by Crippen LogP contribution is -2.35. The maximum atomic E-state index is 12.4. The molecule has 1 amide bonds. The molecule has 0 N–H and O–H groups in total. The number of alkyl halides is 1. The molecule has 1 aromatic heterocycles. The van der Waals surface area contributed by atoms with E-state index in [-0.39, 0.29) is 5.91 Å². The van der Waals surface area contributed by atoms with Gasteiger partial charge in [-0.15, -0.1) is 11.6 Å². The van der Waals surface area contributed by atoms with Gasteiger partial charge in [0.2, 0.25) is 0 Å². The van der Waals surface area contributed by atoms with Gasteiger partial charge in [-0.1, -0.05) is 0 Å². The number of rotatable bonds is 4. The van der Waals surface area contributed by atoms with Crippen LogP contribution in [0, 0.1) is 13.8 Å². The number of nitrogens with zero attached hydrogens (tertiary/aromatic N) is 2. The first-order valence-electron chi connectivity index (χ1n) is 5.94. The zero-order valence-electron chi connectivity index (χ0n) is 10.2. The van der Waals surface area contributed by atoms with E-state index in [2.05, 4.69) is 4.98 Å². The van der Waals surface area contributed by atoms with Crippen molar-refractivity contribution in [1.82, 2.24) is 9.88 Å². The molecule has 1 heterocycles. The minimum absolute atomic E-state index is 0.0677. The molecule has 0 spiro atoms. The molecule has 1 aliphatic carbocycles. The standard InChI is InChI=1S/C13H17ClN2O/c1-9-3-6-12(10(2)15-9)13(17)16(8-7-14)11-4-5-11/h3,6,11H,4-5,7-8H2,1-2H3. The van der Waals surface area contributed by atoms with E-state index in [1.165, 1.54) is 0 Å². The molecule has 17 heavy (non-hydrogen) atoms. The van der Waals surface area contributed by atoms with Gasteiger partial charge in [-0.05, 0) is 38.8 Å². The summed E-state index contributed by atoms with van der Waals surface area (Å²) in [7, 11) is 0. The first-order chi connectivity index (χ1) is 8.13. The van der Waals surface area contributed by atoms with Crippen LogP contribution in [0.2, 0.25) is 0 Å². The highest BCUT2D eigenvalue weighted by Crippen LogP contribution is 2.28. The Hall–Kier alpha value is -1.09. The summed E-state index contributed by atoms with van der Waals surface area (Å²) < 4.78 is 0. The summed E-state index contributed by atoms with van der Waals surface area (Å²) in [4.78, 5) is 18.6. The molecule has 1 fully saturated rings. The number of pyridine rings is 1. The van der Waals surface area contributed by atoms with Gasteiger partial charge in [0.1, 0.15) is 0 Å². The van der Waals surface area contributed by atoms with E-state index in [4.69, 9.17) is 11.6 Å². The number of carbonyl (C=O) groups is 1. The Morgan fingerprint density at radius 3 is 2.71 bits per heavy atom. The van der Waals surface area contributed by atoms with Gasteiger partial charge >= 0.3 is 0 Å². The number of aromatic nitrogens is 1. The lowest BCUT2D eigenvalue weighted by Gasteiger charge is -2.22. The van der Waals surface area contributed by atoms with E-state index < -0.39 is 0 Å². The number of hydrogen-bond donors (Lipinski definition) is 0. The summed E-state index contributed by atoms with van der Waals surface area (Å²) in [5, 5.41) is 0. The van der Waals surface area contributed by atoms with Crippen molar-refractivity contribution in [2.75, 3.05) is 12.4 Å². The quantitative estimate of drug-likeness (QED) is 0.772. The Kier molecular flexibility index (Phi) is 3.67. The van der Waals surface area contributed by atoms with E-state index >= 15 is 0 Å². The van der Waals surface area contributed by atoms with Crippen LogP contribution in [0.15, 0.2) is 12.1 Å². The van der Waals surface area contributed by atoms with Gasteiger partial charge in [0.25, 0.3) is 5.91 Å². The van der Waals surface area contributed by atoms with Crippen molar-refractivity contribution < 1.29 is 4.79 Å². The molecule has 1 aliphatic rings. The molecule has 0 aliphatic heterocycles. The Morgan fingerprint density at radius 1 is 1.47 bits per heavy atom. The molecule has 0 radical (unpaired) electrons. The van der Waals surface area contributed by atoms with Gasteiger partial charge in [0, 0.05) is 24.2 Å². The fourth-order valence-corrected chi connectivity index (χ4v) is 2.18. The maximum Gasteiger partial charge on any atom is 0.255 e. The molecule has 3 nitrogen and oxygen atoms in total. The van der Waals surface area contributed by atoms with Crippen LogP contribution in [0.25, 0.3) is 0 Å². The highest BCUT2D eigenvalue weighted by molar-refractivity contribution is 6.18. The van der Waals surface area contributed by atoms with Crippen LogP contribution < -0.4 is 0 Å². The van der Waals surface area contributed by atoms with Crippen LogP contribution in [-0.4, -0.2) is 34.3 Å². The molecule has 1 aromatic rings. The van der Waals surface area contributed by atoms with Gasteiger partial charge in [0.15, 0.2) is 0 Å². The van der Waals surface area contributed by atoms with E-state index in [1.807, 2.05) is 30.9 Å². The molecule has 1 saturated carbocycles. The summed E-state index contributed by atoms with van der Waals surface area (Å²) in [6.45, 7) is 4.43. The summed E-state index contributed by atoms with van der Waals surface area (Å²) in [6, 6.07) is 4.14. The minimum atomic E-state index is 0.0677. The molecule has 4 heteroatoms. The third-order valence-corrected chi connectivity index (χ3v) is 3.20. The molecule has 92 valence electrons. The van der Waals surface area contributed by atoms with Crippen molar-refractivity contribution in [1.29, 1.82) is 0 Å². The smallest absolute Gasteiger partial charge is 0.255 e.